The molecule has 0 atom stereocenters. The van der Waals surface area contributed by atoms with Gasteiger partial charge in [0.1, 0.15) is 12.1 Å². The van der Waals surface area contributed by atoms with Crippen molar-refractivity contribution in [2.24, 2.45) is 0 Å². The molecule has 1 aromatic carbocycles. The summed E-state index contributed by atoms with van der Waals surface area (Å²) in [7, 11) is 0. The predicted octanol–water partition coefficient (Wildman–Crippen LogP) is 4.47. The van der Waals surface area contributed by atoms with Crippen LogP contribution < -0.4 is 5.32 Å². The number of aromatic nitrogens is 4. The van der Waals surface area contributed by atoms with Gasteiger partial charge in [0.15, 0.2) is 0 Å². The minimum atomic E-state index is 0.0106. The van der Waals surface area contributed by atoms with Crippen LogP contribution in [0, 0.1) is 0 Å². The number of carbonyl (C=O) groups excluding carboxylic acids is 1. The van der Waals surface area contributed by atoms with Gasteiger partial charge >= 0.3 is 0 Å². The van der Waals surface area contributed by atoms with Gasteiger partial charge < -0.3 is 10.2 Å². The summed E-state index contributed by atoms with van der Waals surface area (Å²) < 4.78 is 0. The summed E-state index contributed by atoms with van der Waals surface area (Å²) in [5, 5.41) is 4.53. The van der Waals surface area contributed by atoms with Gasteiger partial charge in [-0.3, -0.25) is 14.8 Å². The molecule has 2 fully saturated rings. The van der Waals surface area contributed by atoms with Crippen molar-refractivity contribution in [1.29, 1.82) is 0 Å². The Labute approximate surface area is 191 Å². The first-order valence-electron chi connectivity index (χ1n) is 11.4. The number of carbonyl (C=O) groups is 1. The minimum absolute atomic E-state index is 0.0106. The summed E-state index contributed by atoms with van der Waals surface area (Å²) in [6.07, 6.45) is 11.2. The van der Waals surface area contributed by atoms with E-state index in [0.29, 0.717) is 18.2 Å². The van der Waals surface area contributed by atoms with E-state index in [1.54, 1.807) is 24.8 Å². The molecule has 2 aliphatic rings. The average molecular weight is 437 g/mol. The van der Waals surface area contributed by atoms with Gasteiger partial charge in [0, 0.05) is 36.1 Å². The maximum absolute atomic E-state index is 13.1. The first-order valence-corrected chi connectivity index (χ1v) is 11.4. The summed E-state index contributed by atoms with van der Waals surface area (Å²) in [4.78, 5) is 32.6. The van der Waals surface area contributed by atoms with E-state index >= 15 is 0 Å². The molecule has 6 rings (SSSR count). The van der Waals surface area contributed by atoms with Gasteiger partial charge in [-0.25, -0.2) is 9.97 Å². The fraction of sp³-hybridized carbons (Fsp3) is 0.269. The van der Waals surface area contributed by atoms with Gasteiger partial charge in [-0.05, 0) is 73.2 Å². The highest BCUT2D eigenvalue weighted by Crippen LogP contribution is 2.32. The number of amides is 1. The normalized spacial score (nSPS) is 15.4. The second-order valence-corrected chi connectivity index (χ2v) is 8.81. The van der Waals surface area contributed by atoms with Crippen LogP contribution in [0.25, 0.3) is 22.0 Å². The Kier molecular flexibility index (Phi) is 4.94. The molecule has 3 heterocycles. The zero-order valence-corrected chi connectivity index (χ0v) is 18.2. The van der Waals surface area contributed by atoms with Crippen molar-refractivity contribution in [2.75, 3.05) is 5.32 Å². The lowest BCUT2D eigenvalue weighted by Crippen LogP contribution is -2.33. The third-order valence-corrected chi connectivity index (χ3v) is 6.19. The van der Waals surface area contributed by atoms with E-state index in [1.807, 2.05) is 29.3 Å². The van der Waals surface area contributed by atoms with Crippen LogP contribution in [0.2, 0.25) is 0 Å². The molecule has 0 radical (unpaired) electrons. The van der Waals surface area contributed by atoms with Crippen molar-refractivity contribution in [3.8, 4) is 11.1 Å². The van der Waals surface area contributed by atoms with E-state index in [-0.39, 0.29) is 11.9 Å². The molecule has 1 amide bonds. The van der Waals surface area contributed by atoms with Crippen LogP contribution in [0.3, 0.4) is 0 Å². The van der Waals surface area contributed by atoms with Crippen LogP contribution in [-0.4, -0.2) is 42.8 Å². The summed E-state index contributed by atoms with van der Waals surface area (Å²) in [5.41, 5.74) is 4.56. The quantitative estimate of drug-likeness (QED) is 0.460. The van der Waals surface area contributed by atoms with Gasteiger partial charge in [-0.15, -0.1) is 0 Å². The van der Waals surface area contributed by atoms with Gasteiger partial charge in [0.2, 0.25) is 0 Å². The fourth-order valence-electron chi connectivity index (χ4n) is 4.10. The van der Waals surface area contributed by atoms with Crippen LogP contribution in [0.1, 0.15) is 41.7 Å². The van der Waals surface area contributed by atoms with E-state index < -0.39 is 0 Å². The fourth-order valence-corrected chi connectivity index (χ4v) is 4.10. The molecule has 7 nitrogen and oxygen atoms in total. The number of hydrogen-bond acceptors (Lipinski definition) is 6. The zero-order chi connectivity index (χ0) is 22.2. The van der Waals surface area contributed by atoms with Crippen molar-refractivity contribution >= 4 is 22.6 Å². The highest BCUT2D eigenvalue weighted by Gasteiger charge is 2.33. The molecular weight excluding hydrogens is 412 g/mol. The summed E-state index contributed by atoms with van der Waals surface area (Å²) in [5.74, 6) is 0.900. The Morgan fingerprint density at radius 3 is 2.64 bits per heavy atom. The lowest BCUT2D eigenvalue weighted by atomic mass is 10.0. The number of nitrogens with zero attached hydrogens (tertiary/aromatic N) is 5. The molecule has 4 aromatic rings. The minimum Gasteiger partial charge on any atom is -0.367 e. The second-order valence-electron chi connectivity index (χ2n) is 8.81. The van der Waals surface area contributed by atoms with Gasteiger partial charge in [0.05, 0.1) is 23.3 Å². The number of rotatable bonds is 7. The molecule has 0 bridgehead atoms. The highest BCUT2D eigenvalue weighted by atomic mass is 16.2. The standard InChI is InChI=1S/C26H24N6O/c33-26(19-2-1-10-27-14-19)32(22-6-7-22)15-21-12-18(9-11-28-21)17-3-8-24-23(13-17)25(30-16-29-24)31-20-4-5-20/h1-3,8-14,16,20,22H,4-7,15H2,(H,29,30,31). The van der Waals surface area contributed by atoms with Crippen molar-refractivity contribution < 1.29 is 4.79 Å². The number of hydrogen-bond donors (Lipinski definition) is 1. The van der Waals surface area contributed by atoms with E-state index in [0.717, 1.165) is 46.4 Å². The van der Waals surface area contributed by atoms with E-state index in [1.165, 1.54) is 12.8 Å². The molecule has 164 valence electrons. The molecule has 0 saturated heterocycles. The third-order valence-electron chi connectivity index (χ3n) is 6.19. The van der Waals surface area contributed by atoms with E-state index in [4.69, 9.17) is 0 Å². The summed E-state index contributed by atoms with van der Waals surface area (Å²) >= 11 is 0. The van der Waals surface area contributed by atoms with Crippen LogP contribution in [0.15, 0.2) is 67.4 Å². The molecule has 3 aromatic heterocycles. The van der Waals surface area contributed by atoms with Gasteiger partial charge in [0.25, 0.3) is 5.91 Å². The average Bonchev–Trinajstić information content (AvgIpc) is 3.78. The molecule has 2 saturated carbocycles. The predicted molar refractivity (Wildman–Crippen MR) is 127 cm³/mol. The maximum Gasteiger partial charge on any atom is 0.256 e. The molecular formula is C26H24N6O. The number of pyridine rings is 2. The summed E-state index contributed by atoms with van der Waals surface area (Å²) in [6.45, 7) is 0.484. The Morgan fingerprint density at radius 1 is 0.970 bits per heavy atom. The van der Waals surface area contributed by atoms with Crippen molar-refractivity contribution in [3.63, 3.8) is 0 Å². The maximum atomic E-state index is 13.1. The molecule has 33 heavy (non-hydrogen) atoms. The lowest BCUT2D eigenvalue weighted by Gasteiger charge is -2.22. The van der Waals surface area contributed by atoms with E-state index in [9.17, 15) is 4.79 Å². The number of fused-ring (bicyclic) bond motifs is 1. The topological polar surface area (TPSA) is 83.9 Å². The third kappa shape index (κ3) is 4.26. The van der Waals surface area contributed by atoms with Crippen molar-refractivity contribution in [2.45, 2.75) is 44.3 Å². The van der Waals surface area contributed by atoms with Crippen molar-refractivity contribution in [3.05, 3.63) is 78.6 Å². The largest absolute Gasteiger partial charge is 0.367 e. The molecule has 0 aliphatic heterocycles. The monoisotopic (exact) mass is 436 g/mol. The Balaban J connectivity index is 1.29. The van der Waals surface area contributed by atoms with Crippen LogP contribution >= 0.6 is 0 Å². The first kappa shape index (κ1) is 19.8. The lowest BCUT2D eigenvalue weighted by molar-refractivity contribution is 0.0727. The Morgan fingerprint density at radius 2 is 1.85 bits per heavy atom. The smallest absolute Gasteiger partial charge is 0.256 e. The first-order chi connectivity index (χ1) is 16.2. The number of benzene rings is 1. The molecule has 0 unspecified atom stereocenters. The SMILES string of the molecule is O=C(c1cccnc1)N(Cc1cc(-c2ccc3ncnc(NC4CC4)c3c2)ccn1)C1CC1. The molecule has 1 N–H and O–H groups in total. The van der Waals surface area contributed by atoms with Crippen LogP contribution in [0.5, 0.6) is 0 Å². The Bertz CT molecular complexity index is 1320. The number of nitrogens with one attached hydrogen (secondary N) is 1. The molecule has 0 spiro atoms. The van der Waals surface area contributed by atoms with Gasteiger partial charge in [-0.2, -0.15) is 0 Å². The Hall–Kier alpha value is -3.87. The van der Waals surface area contributed by atoms with Crippen LogP contribution in [-0.2, 0) is 6.54 Å². The number of anilines is 1. The summed E-state index contributed by atoms with van der Waals surface area (Å²) in [6, 6.07) is 14.7. The van der Waals surface area contributed by atoms with Crippen LogP contribution in [0.4, 0.5) is 5.82 Å². The zero-order valence-electron chi connectivity index (χ0n) is 18.2. The van der Waals surface area contributed by atoms with E-state index in [2.05, 4.69) is 43.5 Å². The molecule has 2 aliphatic carbocycles. The second kappa shape index (κ2) is 8.24. The highest BCUT2D eigenvalue weighted by molar-refractivity contribution is 5.94. The van der Waals surface area contributed by atoms with Crippen molar-refractivity contribution in [1.82, 2.24) is 24.8 Å². The van der Waals surface area contributed by atoms with Gasteiger partial charge in [-0.1, -0.05) is 6.07 Å². The molecule has 7 heteroatoms.